The van der Waals surface area contributed by atoms with E-state index in [0.29, 0.717) is 0 Å². The van der Waals surface area contributed by atoms with Crippen molar-refractivity contribution in [1.82, 2.24) is 5.32 Å². The molecule has 0 saturated carbocycles. The van der Waals surface area contributed by atoms with E-state index in [9.17, 15) is 9.59 Å². The van der Waals surface area contributed by atoms with Gasteiger partial charge in [0, 0.05) is 0 Å². The van der Waals surface area contributed by atoms with Gasteiger partial charge in [-0.05, 0) is 18.9 Å². The Hall–Kier alpha value is -1.59. The molecule has 0 radical (unpaired) electrons. The normalized spacial score (nSPS) is 13.2. The lowest BCUT2D eigenvalue weighted by Crippen LogP contribution is -2.46. The number of hydrogen-bond acceptors (Lipinski definition) is 3. The summed E-state index contributed by atoms with van der Waals surface area (Å²) >= 11 is 0. The largest absolute Gasteiger partial charge is 0.480 e. The first-order valence-electron chi connectivity index (χ1n) is 5.26. The summed E-state index contributed by atoms with van der Waals surface area (Å²) in [4.78, 5) is 21.7. The Morgan fingerprint density at radius 3 is 2.17 bits per heavy atom. The van der Waals surface area contributed by atoms with Gasteiger partial charge in [-0.25, -0.2) is 0 Å². The minimum Gasteiger partial charge on any atom is -0.480 e. The van der Waals surface area contributed by atoms with E-state index in [0.717, 1.165) is 5.56 Å². The van der Waals surface area contributed by atoms with Crippen LogP contribution in [0, 0.1) is 0 Å². The van der Waals surface area contributed by atoms with Crippen molar-refractivity contribution in [2.24, 2.45) is 0 Å². The molecule has 0 fully saturated rings. The maximum Gasteiger partial charge on any atom is 0.321 e. The van der Waals surface area contributed by atoms with Crippen LogP contribution in [0.5, 0.6) is 0 Å². The van der Waals surface area contributed by atoms with Gasteiger partial charge < -0.3 is 10.2 Å². The molecule has 2 atom stereocenters. The molecule has 0 saturated heterocycles. The van der Waals surface area contributed by atoms with Crippen LogP contribution >= 0.6 is 12.4 Å². The second-order valence-electron chi connectivity index (χ2n) is 3.81. The molecule has 1 aromatic rings. The van der Waals surface area contributed by atoms with E-state index in [1.165, 1.54) is 6.92 Å². The Kier molecular flexibility index (Phi) is 7.00. The second kappa shape index (κ2) is 7.68. The summed E-state index contributed by atoms with van der Waals surface area (Å²) in [6, 6.07) is 7.30. The van der Waals surface area contributed by atoms with Crippen LogP contribution in [0.1, 0.15) is 12.5 Å². The number of hydrogen-bond donors (Lipinski definition) is 3. The van der Waals surface area contributed by atoms with Crippen LogP contribution < -0.4 is 5.32 Å². The van der Waals surface area contributed by atoms with Crippen molar-refractivity contribution in [2.75, 3.05) is 0 Å². The monoisotopic (exact) mass is 273 g/mol. The molecule has 0 heterocycles. The van der Waals surface area contributed by atoms with E-state index in [2.05, 4.69) is 5.32 Å². The van der Waals surface area contributed by atoms with Crippen molar-refractivity contribution in [1.29, 1.82) is 0 Å². The number of carboxylic acid groups (broad SMARTS) is 2. The molecule has 0 amide bonds. The topological polar surface area (TPSA) is 86.6 Å². The zero-order valence-electron chi connectivity index (χ0n) is 9.87. The quantitative estimate of drug-likeness (QED) is 0.724. The molecule has 3 N–H and O–H groups in total. The molecule has 0 aliphatic carbocycles. The lowest BCUT2D eigenvalue weighted by atomic mass is 10.1. The van der Waals surface area contributed by atoms with Crippen LogP contribution in [0.3, 0.4) is 0 Å². The van der Waals surface area contributed by atoms with Gasteiger partial charge in [-0.2, -0.15) is 0 Å². The van der Waals surface area contributed by atoms with Gasteiger partial charge >= 0.3 is 11.9 Å². The second-order valence-corrected chi connectivity index (χ2v) is 3.81. The van der Waals surface area contributed by atoms with E-state index < -0.39 is 24.0 Å². The first-order valence-corrected chi connectivity index (χ1v) is 5.26. The van der Waals surface area contributed by atoms with Crippen molar-refractivity contribution in [3.05, 3.63) is 35.9 Å². The lowest BCUT2D eigenvalue weighted by Gasteiger charge is -2.17. The summed E-state index contributed by atoms with van der Waals surface area (Å²) in [7, 11) is 0. The Morgan fingerprint density at radius 2 is 1.72 bits per heavy atom. The molecule has 0 aliphatic rings. The van der Waals surface area contributed by atoms with Gasteiger partial charge in [0.15, 0.2) is 0 Å². The summed E-state index contributed by atoms with van der Waals surface area (Å²) in [5.74, 6) is -2.12. The molecule has 1 aromatic carbocycles. The summed E-state index contributed by atoms with van der Waals surface area (Å²) in [6.07, 6.45) is 0.258. The number of halogens is 1. The average molecular weight is 274 g/mol. The molecule has 2 unspecified atom stereocenters. The number of carboxylic acids is 2. The Balaban J connectivity index is 0.00000289. The molecule has 100 valence electrons. The SMILES string of the molecule is CC(NC(Cc1ccccc1)C(=O)O)C(=O)O.Cl. The Bertz CT molecular complexity index is 396. The molecular weight excluding hydrogens is 258 g/mol. The Morgan fingerprint density at radius 1 is 1.17 bits per heavy atom. The fraction of sp³-hybridized carbons (Fsp3) is 0.333. The predicted molar refractivity (Wildman–Crippen MR) is 69.1 cm³/mol. The first kappa shape index (κ1) is 16.4. The van der Waals surface area contributed by atoms with Gasteiger partial charge in [0.1, 0.15) is 12.1 Å². The van der Waals surface area contributed by atoms with Crippen molar-refractivity contribution in [3.63, 3.8) is 0 Å². The number of aliphatic carboxylic acids is 2. The van der Waals surface area contributed by atoms with Crippen LogP contribution in [0.25, 0.3) is 0 Å². The smallest absolute Gasteiger partial charge is 0.321 e. The van der Waals surface area contributed by atoms with Crippen molar-refractivity contribution >= 4 is 24.3 Å². The maximum absolute atomic E-state index is 11.0. The number of rotatable bonds is 6. The third-order valence-electron chi connectivity index (χ3n) is 2.40. The molecule has 5 nitrogen and oxygen atoms in total. The molecule has 0 aliphatic heterocycles. The minimum atomic E-state index is -1.07. The third kappa shape index (κ3) is 5.16. The number of nitrogens with one attached hydrogen (secondary N) is 1. The van der Waals surface area contributed by atoms with E-state index in [4.69, 9.17) is 10.2 Å². The molecule has 18 heavy (non-hydrogen) atoms. The molecule has 0 aromatic heterocycles. The predicted octanol–water partition coefficient (Wildman–Crippen LogP) is 1.17. The van der Waals surface area contributed by atoms with Gasteiger partial charge in [0.05, 0.1) is 0 Å². The maximum atomic E-state index is 11.0. The van der Waals surface area contributed by atoms with E-state index in [-0.39, 0.29) is 18.8 Å². The zero-order valence-corrected chi connectivity index (χ0v) is 10.7. The molecule has 1 rings (SSSR count). The van der Waals surface area contributed by atoms with Crippen LogP contribution in [-0.4, -0.2) is 34.2 Å². The summed E-state index contributed by atoms with van der Waals surface area (Å²) < 4.78 is 0. The summed E-state index contributed by atoms with van der Waals surface area (Å²) in [5.41, 5.74) is 0.852. The Labute approximate surface area is 111 Å². The fourth-order valence-corrected chi connectivity index (χ4v) is 1.44. The number of benzene rings is 1. The molecule has 0 spiro atoms. The number of carbonyl (C=O) groups is 2. The van der Waals surface area contributed by atoms with Crippen LogP contribution in [0.15, 0.2) is 30.3 Å². The molecule has 6 heteroatoms. The van der Waals surface area contributed by atoms with Gasteiger partial charge in [0.25, 0.3) is 0 Å². The van der Waals surface area contributed by atoms with Crippen LogP contribution in [-0.2, 0) is 16.0 Å². The van der Waals surface area contributed by atoms with Gasteiger partial charge in [-0.1, -0.05) is 30.3 Å². The van der Waals surface area contributed by atoms with Crippen LogP contribution in [0.4, 0.5) is 0 Å². The zero-order chi connectivity index (χ0) is 12.8. The minimum absolute atomic E-state index is 0. The van der Waals surface area contributed by atoms with Crippen molar-refractivity contribution in [2.45, 2.75) is 25.4 Å². The fourth-order valence-electron chi connectivity index (χ4n) is 1.44. The van der Waals surface area contributed by atoms with E-state index >= 15 is 0 Å². The summed E-state index contributed by atoms with van der Waals surface area (Å²) in [6.45, 7) is 1.42. The van der Waals surface area contributed by atoms with Crippen LogP contribution in [0.2, 0.25) is 0 Å². The highest BCUT2D eigenvalue weighted by atomic mass is 35.5. The standard InChI is InChI=1S/C12H15NO4.ClH/c1-8(11(14)15)13-10(12(16)17)7-9-5-3-2-4-6-9;/h2-6,8,10,13H,7H2,1H3,(H,14,15)(H,16,17);1H. The van der Waals surface area contributed by atoms with E-state index in [1.807, 2.05) is 30.3 Å². The van der Waals surface area contributed by atoms with Gasteiger partial charge in [0.2, 0.25) is 0 Å². The lowest BCUT2D eigenvalue weighted by molar-refractivity contribution is -0.142. The van der Waals surface area contributed by atoms with Crippen molar-refractivity contribution < 1.29 is 19.8 Å². The molecular formula is C12H16ClNO4. The highest BCUT2D eigenvalue weighted by molar-refractivity contribution is 5.85. The average Bonchev–Trinajstić information content (AvgIpc) is 2.29. The highest BCUT2D eigenvalue weighted by Gasteiger charge is 2.22. The third-order valence-corrected chi connectivity index (χ3v) is 2.40. The first-order chi connectivity index (χ1) is 8.00. The summed E-state index contributed by atoms with van der Waals surface area (Å²) in [5, 5.41) is 20.3. The van der Waals surface area contributed by atoms with Crippen molar-refractivity contribution in [3.8, 4) is 0 Å². The van der Waals surface area contributed by atoms with Gasteiger partial charge in [-0.15, -0.1) is 12.4 Å². The van der Waals surface area contributed by atoms with E-state index in [1.54, 1.807) is 0 Å². The van der Waals surface area contributed by atoms with Gasteiger partial charge in [-0.3, -0.25) is 14.9 Å². The highest BCUT2D eigenvalue weighted by Crippen LogP contribution is 2.04. The molecule has 0 bridgehead atoms.